The topological polar surface area (TPSA) is 107 Å². The van der Waals surface area contributed by atoms with Crippen LogP contribution in [0.4, 0.5) is 13.2 Å². The number of thiophene rings is 1. The van der Waals surface area contributed by atoms with Crippen LogP contribution in [0.25, 0.3) is 16.2 Å². The Morgan fingerprint density at radius 1 is 1.24 bits per heavy atom. The minimum atomic E-state index is -4.55. The number of nitrogens with zero attached hydrogens (tertiary/aromatic N) is 2. The number of halogens is 3. The van der Waals surface area contributed by atoms with Crippen molar-refractivity contribution in [3.63, 3.8) is 0 Å². The van der Waals surface area contributed by atoms with Crippen LogP contribution in [0.5, 0.6) is 5.75 Å². The average molecular weight is 475 g/mol. The second-order valence-corrected chi connectivity index (χ2v) is 8.16. The van der Waals surface area contributed by atoms with Crippen molar-refractivity contribution in [2.75, 3.05) is 0 Å². The number of aromatic carboxylic acids is 1. The van der Waals surface area contributed by atoms with Gasteiger partial charge in [0.1, 0.15) is 22.9 Å². The summed E-state index contributed by atoms with van der Waals surface area (Å²) in [5, 5.41) is 9.30. The maximum absolute atomic E-state index is 13.3. The van der Waals surface area contributed by atoms with Crippen molar-refractivity contribution in [1.82, 2.24) is 9.38 Å². The molecule has 0 saturated carbocycles. The Morgan fingerprint density at radius 2 is 1.97 bits per heavy atom. The molecule has 3 N–H and O–H groups in total. The molecule has 0 spiro atoms. The van der Waals surface area contributed by atoms with Crippen molar-refractivity contribution < 1.29 is 32.6 Å². The van der Waals surface area contributed by atoms with Crippen molar-refractivity contribution in [2.24, 2.45) is 5.73 Å². The first-order chi connectivity index (χ1) is 15.6. The highest BCUT2D eigenvalue weighted by Gasteiger charge is 2.33. The van der Waals surface area contributed by atoms with Crippen molar-refractivity contribution in [3.8, 4) is 16.3 Å². The number of hydrogen-bond acceptors (Lipinski definition) is 5. The third kappa shape index (κ3) is 4.14. The minimum absolute atomic E-state index is 0.0447. The normalized spacial score (nSPS) is 11.6. The molecule has 4 rings (SSSR count). The van der Waals surface area contributed by atoms with E-state index in [1.807, 2.05) is 0 Å². The van der Waals surface area contributed by atoms with E-state index in [-0.39, 0.29) is 21.8 Å². The van der Waals surface area contributed by atoms with Crippen molar-refractivity contribution in [3.05, 3.63) is 75.9 Å². The van der Waals surface area contributed by atoms with Crippen molar-refractivity contribution >= 4 is 28.9 Å². The molecule has 0 radical (unpaired) electrons. The van der Waals surface area contributed by atoms with Gasteiger partial charge in [0, 0.05) is 23.4 Å². The van der Waals surface area contributed by atoms with Crippen LogP contribution in [0.3, 0.4) is 0 Å². The summed E-state index contributed by atoms with van der Waals surface area (Å²) in [4.78, 5) is 28.2. The SMILES string of the molecule is Cc1c(C(=O)O)ccn2c(-c3cc(OCc4ccccc4C(F)(F)F)c(C(N)=O)s3)cnc12. The Kier molecular flexibility index (Phi) is 5.58. The van der Waals surface area contributed by atoms with Crippen LogP contribution in [-0.4, -0.2) is 26.4 Å². The molecule has 0 bridgehead atoms. The number of ether oxygens (including phenoxy) is 1. The quantitative estimate of drug-likeness (QED) is 0.418. The molecule has 33 heavy (non-hydrogen) atoms. The van der Waals surface area contributed by atoms with Gasteiger partial charge in [-0.15, -0.1) is 11.3 Å². The Morgan fingerprint density at radius 3 is 2.64 bits per heavy atom. The molecule has 0 aliphatic rings. The molecule has 1 amide bonds. The van der Waals surface area contributed by atoms with Crippen LogP contribution in [-0.2, 0) is 12.8 Å². The molecule has 0 fully saturated rings. The van der Waals surface area contributed by atoms with E-state index < -0.39 is 30.2 Å². The maximum Gasteiger partial charge on any atom is 0.416 e. The molecule has 0 saturated heterocycles. The second-order valence-electron chi connectivity index (χ2n) is 7.11. The summed E-state index contributed by atoms with van der Waals surface area (Å²) in [5.74, 6) is -1.82. The lowest BCUT2D eigenvalue weighted by molar-refractivity contribution is -0.138. The zero-order chi connectivity index (χ0) is 23.9. The minimum Gasteiger partial charge on any atom is -0.487 e. The number of alkyl halides is 3. The van der Waals surface area contributed by atoms with E-state index in [0.717, 1.165) is 17.4 Å². The Balaban J connectivity index is 1.71. The Bertz CT molecular complexity index is 1390. The fourth-order valence-corrected chi connectivity index (χ4v) is 4.42. The lowest BCUT2D eigenvalue weighted by Crippen LogP contribution is -2.13. The third-order valence-electron chi connectivity index (χ3n) is 5.04. The molecule has 0 atom stereocenters. The molecule has 4 aromatic rings. The summed E-state index contributed by atoms with van der Waals surface area (Å²) >= 11 is 1.00. The monoisotopic (exact) mass is 475 g/mol. The Hall–Kier alpha value is -3.86. The molecular weight excluding hydrogens is 459 g/mol. The van der Waals surface area contributed by atoms with Gasteiger partial charge in [-0.2, -0.15) is 13.2 Å². The molecule has 1 aromatic carbocycles. The molecule has 0 aliphatic carbocycles. The van der Waals surface area contributed by atoms with E-state index in [2.05, 4.69) is 4.98 Å². The number of fused-ring (bicyclic) bond motifs is 1. The van der Waals surface area contributed by atoms with Gasteiger partial charge >= 0.3 is 12.1 Å². The van der Waals surface area contributed by atoms with E-state index >= 15 is 0 Å². The van der Waals surface area contributed by atoms with Gasteiger partial charge in [0.05, 0.1) is 27.9 Å². The van der Waals surface area contributed by atoms with E-state index in [9.17, 15) is 27.9 Å². The zero-order valence-electron chi connectivity index (χ0n) is 17.0. The highest BCUT2D eigenvalue weighted by Crippen LogP contribution is 2.38. The summed E-state index contributed by atoms with van der Waals surface area (Å²) < 4.78 is 47.0. The standard InChI is InChI=1S/C22H16F3N3O4S/c1-11-13(21(30)31)6-7-28-15(9-27-20(11)28)17-8-16(18(33-17)19(26)29)32-10-12-4-2-3-5-14(12)22(23,24)25/h2-9H,10H2,1H3,(H2,26,29)(H,30,31). The van der Waals surface area contributed by atoms with E-state index in [4.69, 9.17) is 10.5 Å². The van der Waals surface area contributed by atoms with Crippen LogP contribution >= 0.6 is 11.3 Å². The van der Waals surface area contributed by atoms with Gasteiger partial charge in [-0.1, -0.05) is 18.2 Å². The lowest BCUT2D eigenvalue weighted by atomic mass is 10.1. The highest BCUT2D eigenvalue weighted by atomic mass is 32.1. The van der Waals surface area contributed by atoms with Crippen LogP contribution < -0.4 is 10.5 Å². The fourth-order valence-electron chi connectivity index (χ4n) is 3.46. The Labute approximate surface area is 188 Å². The highest BCUT2D eigenvalue weighted by molar-refractivity contribution is 7.17. The number of benzene rings is 1. The number of aryl methyl sites for hydroxylation is 1. The first-order valence-corrected chi connectivity index (χ1v) is 10.3. The number of carboxylic acid groups (broad SMARTS) is 1. The number of nitrogens with two attached hydrogens (primary N) is 1. The second kappa shape index (κ2) is 8.24. The van der Waals surface area contributed by atoms with Gasteiger partial charge in [0.2, 0.25) is 0 Å². The molecule has 0 unspecified atom stereocenters. The zero-order valence-corrected chi connectivity index (χ0v) is 17.8. The number of primary amides is 1. The molecule has 11 heteroatoms. The number of carbonyl (C=O) groups is 2. The van der Waals surface area contributed by atoms with Gasteiger partial charge in [0.15, 0.2) is 0 Å². The molecule has 3 heterocycles. The number of carboxylic acids is 1. The predicted octanol–water partition coefficient (Wildman–Crippen LogP) is 4.77. The van der Waals surface area contributed by atoms with Gasteiger partial charge < -0.3 is 15.6 Å². The van der Waals surface area contributed by atoms with Crippen LogP contribution in [0, 0.1) is 6.92 Å². The van der Waals surface area contributed by atoms with Gasteiger partial charge in [-0.05, 0) is 19.1 Å². The summed E-state index contributed by atoms with van der Waals surface area (Å²) in [6, 6.07) is 7.95. The van der Waals surface area contributed by atoms with Crippen LogP contribution in [0.2, 0.25) is 0 Å². The van der Waals surface area contributed by atoms with Crippen molar-refractivity contribution in [1.29, 1.82) is 0 Å². The van der Waals surface area contributed by atoms with Gasteiger partial charge in [0.25, 0.3) is 5.91 Å². The van der Waals surface area contributed by atoms with E-state index in [0.29, 0.717) is 21.8 Å². The van der Waals surface area contributed by atoms with Crippen LogP contribution in [0.15, 0.2) is 48.8 Å². The first kappa shape index (κ1) is 22.3. The summed E-state index contributed by atoms with van der Waals surface area (Å²) in [7, 11) is 0. The van der Waals surface area contributed by atoms with Gasteiger partial charge in [-0.25, -0.2) is 9.78 Å². The van der Waals surface area contributed by atoms with Crippen LogP contribution in [0.1, 0.15) is 36.7 Å². The average Bonchev–Trinajstić information content (AvgIpc) is 3.36. The molecular formula is C22H16F3N3O4S. The number of imidazole rings is 1. The largest absolute Gasteiger partial charge is 0.487 e. The predicted molar refractivity (Wildman–Crippen MR) is 114 cm³/mol. The molecule has 170 valence electrons. The third-order valence-corrected chi connectivity index (χ3v) is 6.19. The molecule has 0 aliphatic heterocycles. The van der Waals surface area contributed by atoms with E-state index in [1.54, 1.807) is 11.3 Å². The maximum atomic E-state index is 13.3. The number of rotatable bonds is 6. The summed E-state index contributed by atoms with van der Waals surface area (Å²) in [6.07, 6.45) is -1.50. The van der Waals surface area contributed by atoms with Crippen molar-refractivity contribution in [2.45, 2.75) is 19.7 Å². The fraction of sp³-hybridized carbons (Fsp3) is 0.136. The lowest BCUT2D eigenvalue weighted by Gasteiger charge is -2.13. The van der Waals surface area contributed by atoms with E-state index in [1.165, 1.54) is 42.7 Å². The summed E-state index contributed by atoms with van der Waals surface area (Å²) in [5.41, 5.74) is 6.08. The summed E-state index contributed by atoms with van der Waals surface area (Å²) in [6.45, 7) is 1.21. The number of carbonyl (C=O) groups excluding carboxylic acids is 1. The molecule has 3 aromatic heterocycles. The number of aromatic nitrogens is 2. The number of amides is 1. The smallest absolute Gasteiger partial charge is 0.416 e. The number of pyridine rings is 1. The molecule has 7 nitrogen and oxygen atoms in total. The first-order valence-electron chi connectivity index (χ1n) is 9.49. The van der Waals surface area contributed by atoms with Gasteiger partial charge in [-0.3, -0.25) is 9.20 Å². The number of hydrogen-bond donors (Lipinski definition) is 2.